The van der Waals surface area contributed by atoms with Crippen molar-refractivity contribution < 1.29 is 57.2 Å². The first-order chi connectivity index (χ1) is 9.11. The summed E-state index contributed by atoms with van der Waals surface area (Å²) in [6, 6.07) is 5.05. The molecule has 1 aromatic rings. The number of aliphatic carboxylic acids is 1. The van der Waals surface area contributed by atoms with Gasteiger partial charge in [-0.15, -0.1) is 0 Å². The number of rotatable bonds is 5. The van der Waals surface area contributed by atoms with E-state index in [-0.39, 0.29) is 29.6 Å². The molecule has 0 aliphatic carbocycles. The minimum Gasteiger partial charge on any atom is -0.748 e. The molecule has 0 fully saturated rings. The van der Waals surface area contributed by atoms with Crippen LogP contribution in [-0.4, -0.2) is 42.3 Å². The molecule has 21 heavy (non-hydrogen) atoms. The molecule has 0 bridgehead atoms. The van der Waals surface area contributed by atoms with Crippen LogP contribution in [0.3, 0.4) is 0 Å². The van der Waals surface area contributed by atoms with Gasteiger partial charge in [-0.2, -0.15) is 0 Å². The van der Waals surface area contributed by atoms with Crippen LogP contribution in [0.4, 0.5) is 5.69 Å². The van der Waals surface area contributed by atoms with Crippen molar-refractivity contribution in [1.82, 2.24) is 0 Å². The summed E-state index contributed by atoms with van der Waals surface area (Å²) in [7, 11) is -4.77. The SMILES string of the molecule is Cc1cccc(C)c1N(CC(=O)O)C(=O)CS(=O)(=O)[O-].[Na+]. The number of anilines is 1. The van der Waals surface area contributed by atoms with Crippen LogP contribution in [0.1, 0.15) is 11.1 Å². The minimum atomic E-state index is -4.77. The summed E-state index contributed by atoms with van der Waals surface area (Å²) in [6.45, 7) is 2.62. The second kappa shape index (κ2) is 7.90. The number of carboxylic acids is 1. The molecule has 7 nitrogen and oxygen atoms in total. The van der Waals surface area contributed by atoms with Crippen molar-refractivity contribution in [3.05, 3.63) is 29.3 Å². The average Bonchev–Trinajstić information content (AvgIpc) is 2.24. The molecule has 0 aliphatic rings. The maximum atomic E-state index is 11.9. The van der Waals surface area contributed by atoms with Crippen LogP contribution in [0, 0.1) is 13.8 Å². The molecule has 0 aromatic heterocycles. The fourth-order valence-corrected chi connectivity index (χ4v) is 2.35. The third kappa shape index (κ3) is 6.15. The van der Waals surface area contributed by atoms with Gasteiger partial charge >= 0.3 is 35.5 Å². The molecule has 9 heteroatoms. The normalized spacial score (nSPS) is 10.6. The third-order valence-corrected chi connectivity index (χ3v) is 3.20. The van der Waals surface area contributed by atoms with Crippen molar-refractivity contribution in [2.45, 2.75) is 13.8 Å². The predicted molar refractivity (Wildman–Crippen MR) is 70.5 cm³/mol. The van der Waals surface area contributed by atoms with Crippen molar-refractivity contribution in [1.29, 1.82) is 0 Å². The molecule has 1 rings (SSSR count). The van der Waals surface area contributed by atoms with Gasteiger partial charge in [0.2, 0.25) is 5.91 Å². The van der Waals surface area contributed by atoms with Gasteiger partial charge in [0, 0.05) is 0 Å². The van der Waals surface area contributed by atoms with Gasteiger partial charge in [-0.1, -0.05) is 18.2 Å². The number of nitrogens with zero attached hydrogens (tertiary/aromatic N) is 1. The van der Waals surface area contributed by atoms with Crippen molar-refractivity contribution >= 4 is 27.7 Å². The monoisotopic (exact) mass is 323 g/mol. The first kappa shape index (κ1) is 20.1. The standard InChI is InChI=1S/C12H15NO6S.Na/c1-8-4-3-5-9(2)12(8)13(6-11(15)16)10(14)7-20(17,18)19;/h3-5H,6-7H2,1-2H3,(H,15,16)(H,17,18,19);/q;+1/p-1. The smallest absolute Gasteiger partial charge is 0.748 e. The summed E-state index contributed by atoms with van der Waals surface area (Å²) in [5, 5.41) is 8.85. The number of amides is 1. The van der Waals surface area contributed by atoms with E-state index >= 15 is 0 Å². The van der Waals surface area contributed by atoms with E-state index in [1.165, 1.54) is 0 Å². The molecule has 110 valence electrons. The number of carbonyl (C=O) groups is 2. The van der Waals surface area contributed by atoms with Crippen molar-refractivity contribution in [2.24, 2.45) is 0 Å². The van der Waals surface area contributed by atoms with Crippen LogP contribution < -0.4 is 34.5 Å². The Hall–Kier alpha value is -0.930. The van der Waals surface area contributed by atoms with Gasteiger partial charge in [0.1, 0.15) is 22.4 Å². The van der Waals surface area contributed by atoms with Crippen molar-refractivity contribution in [3.63, 3.8) is 0 Å². The van der Waals surface area contributed by atoms with E-state index in [1.54, 1.807) is 32.0 Å². The van der Waals surface area contributed by atoms with Crippen LogP contribution in [-0.2, 0) is 19.7 Å². The Morgan fingerprint density at radius 3 is 2.10 bits per heavy atom. The molecule has 0 heterocycles. The summed E-state index contributed by atoms with van der Waals surface area (Å²) in [4.78, 5) is 23.5. The Kier molecular flexibility index (Phi) is 7.55. The summed E-state index contributed by atoms with van der Waals surface area (Å²) < 4.78 is 32.0. The largest absolute Gasteiger partial charge is 1.00 e. The Bertz CT molecular complexity index is 623. The first-order valence-electron chi connectivity index (χ1n) is 5.64. The van der Waals surface area contributed by atoms with Crippen molar-refractivity contribution in [3.8, 4) is 0 Å². The van der Waals surface area contributed by atoms with Gasteiger partial charge in [-0.05, 0) is 25.0 Å². The van der Waals surface area contributed by atoms with E-state index in [0.717, 1.165) is 4.90 Å². The summed E-state index contributed by atoms with van der Waals surface area (Å²) >= 11 is 0. The predicted octanol–water partition coefficient (Wildman–Crippen LogP) is -2.73. The maximum absolute atomic E-state index is 11.9. The van der Waals surface area contributed by atoms with Crippen LogP contribution in [0.25, 0.3) is 0 Å². The number of hydrogen-bond acceptors (Lipinski definition) is 5. The molecule has 0 spiro atoms. The zero-order valence-corrected chi connectivity index (χ0v) is 14.8. The summed E-state index contributed by atoms with van der Waals surface area (Å²) in [5.41, 5.74) is 1.54. The van der Waals surface area contributed by atoms with Crippen LogP contribution in [0.5, 0.6) is 0 Å². The molecule has 1 aromatic carbocycles. The zero-order valence-electron chi connectivity index (χ0n) is 12.0. The summed E-state index contributed by atoms with van der Waals surface area (Å²) in [5.74, 6) is -3.63. The molecule has 0 unspecified atom stereocenters. The zero-order chi connectivity index (χ0) is 15.5. The second-order valence-electron chi connectivity index (χ2n) is 4.32. The van der Waals surface area contributed by atoms with E-state index < -0.39 is 34.3 Å². The van der Waals surface area contributed by atoms with Crippen LogP contribution >= 0.6 is 0 Å². The minimum absolute atomic E-state index is 0. The van der Waals surface area contributed by atoms with E-state index in [9.17, 15) is 22.6 Å². The molecule has 0 aliphatic heterocycles. The number of carboxylic acid groups (broad SMARTS) is 1. The first-order valence-corrected chi connectivity index (χ1v) is 7.21. The topological polar surface area (TPSA) is 115 Å². The number of aryl methyl sites for hydroxylation is 2. The molecule has 0 atom stereocenters. The Morgan fingerprint density at radius 2 is 1.71 bits per heavy atom. The van der Waals surface area contributed by atoms with E-state index in [2.05, 4.69) is 0 Å². The van der Waals surface area contributed by atoms with Gasteiger partial charge in [-0.25, -0.2) is 8.42 Å². The molecular formula is C12H14NNaO6S. The number of para-hydroxylation sites is 1. The number of benzene rings is 1. The fraction of sp³-hybridized carbons (Fsp3) is 0.333. The summed E-state index contributed by atoms with van der Waals surface area (Å²) in [6.07, 6.45) is 0. The number of hydrogen-bond donors (Lipinski definition) is 1. The van der Waals surface area contributed by atoms with E-state index in [0.29, 0.717) is 16.8 Å². The van der Waals surface area contributed by atoms with Crippen molar-refractivity contribution in [2.75, 3.05) is 17.2 Å². The van der Waals surface area contributed by atoms with Gasteiger partial charge < -0.3 is 9.66 Å². The average molecular weight is 323 g/mol. The van der Waals surface area contributed by atoms with Crippen LogP contribution in [0.15, 0.2) is 18.2 Å². The van der Waals surface area contributed by atoms with Gasteiger partial charge in [0.05, 0.1) is 5.69 Å². The Balaban J connectivity index is 0.00000400. The number of carbonyl (C=O) groups excluding carboxylic acids is 1. The quantitative estimate of drug-likeness (QED) is 0.465. The van der Waals surface area contributed by atoms with Crippen LogP contribution in [0.2, 0.25) is 0 Å². The van der Waals surface area contributed by atoms with E-state index in [4.69, 9.17) is 5.11 Å². The maximum Gasteiger partial charge on any atom is 1.00 e. The molecule has 1 N–H and O–H groups in total. The second-order valence-corrected chi connectivity index (χ2v) is 5.72. The third-order valence-electron chi connectivity index (χ3n) is 2.60. The van der Waals surface area contributed by atoms with Gasteiger partial charge in [-0.3, -0.25) is 14.5 Å². The molecule has 1 amide bonds. The Labute approximate surface area is 145 Å². The molecule has 0 saturated heterocycles. The molecule has 0 radical (unpaired) electrons. The molecule has 0 saturated carbocycles. The fourth-order valence-electron chi connectivity index (χ4n) is 1.89. The molecular weight excluding hydrogens is 309 g/mol. The van der Waals surface area contributed by atoms with E-state index in [1.807, 2.05) is 0 Å². The van der Waals surface area contributed by atoms with Gasteiger partial charge in [0.15, 0.2) is 0 Å². The van der Waals surface area contributed by atoms with Gasteiger partial charge in [0.25, 0.3) is 0 Å². The Morgan fingerprint density at radius 1 is 1.24 bits per heavy atom.